The number of carbonyl (C=O) groups is 1. The number of hydrogen-bond acceptors (Lipinski definition) is 3. The fraction of sp³-hybridized carbons (Fsp3) is 0.533. The molecular weight excluding hydrogens is 274 g/mol. The fourth-order valence-electron chi connectivity index (χ4n) is 2.70. The molecule has 20 heavy (non-hydrogen) atoms. The van der Waals surface area contributed by atoms with E-state index in [1.54, 1.807) is 37.4 Å². The first-order valence-electron chi connectivity index (χ1n) is 6.91. The highest BCUT2D eigenvalue weighted by atomic mass is 32.2. The molecular formula is C15H21NO3S. The molecule has 1 heterocycles. The molecule has 1 aliphatic heterocycles. The maximum absolute atomic E-state index is 12.5. The van der Waals surface area contributed by atoms with Crippen LogP contribution in [0.15, 0.2) is 29.2 Å². The summed E-state index contributed by atoms with van der Waals surface area (Å²) in [7, 11) is -1.03. The van der Waals surface area contributed by atoms with E-state index < -0.39 is 16.9 Å². The Hall–Kier alpha value is -1.20. The number of carbonyl (C=O) groups excluding carboxylic acids is 1. The average Bonchev–Trinajstić information content (AvgIpc) is 2.85. The van der Waals surface area contributed by atoms with E-state index in [4.69, 9.17) is 0 Å². The number of rotatable bonds is 4. The van der Waals surface area contributed by atoms with Crippen LogP contribution in [0.2, 0.25) is 0 Å². The smallest absolute Gasteiger partial charge is 0.254 e. The van der Waals surface area contributed by atoms with Crippen molar-refractivity contribution >= 4 is 16.7 Å². The zero-order valence-electron chi connectivity index (χ0n) is 11.9. The summed E-state index contributed by atoms with van der Waals surface area (Å²) in [5, 5.41) is 9.51. The molecule has 4 nitrogen and oxygen atoms in total. The normalized spacial score (nSPS) is 21.8. The van der Waals surface area contributed by atoms with Gasteiger partial charge in [0.2, 0.25) is 0 Å². The quantitative estimate of drug-likeness (QED) is 0.921. The number of likely N-dealkylation sites (tertiary alicyclic amines) is 1. The van der Waals surface area contributed by atoms with Crippen LogP contribution in [-0.2, 0) is 10.8 Å². The molecule has 1 N–H and O–H groups in total. The molecule has 0 saturated carbocycles. The third-order valence-corrected chi connectivity index (χ3v) is 4.62. The van der Waals surface area contributed by atoms with Crippen LogP contribution in [0.4, 0.5) is 0 Å². The maximum Gasteiger partial charge on any atom is 0.254 e. The maximum atomic E-state index is 12.5. The Morgan fingerprint density at radius 3 is 2.65 bits per heavy atom. The van der Waals surface area contributed by atoms with Gasteiger partial charge in [-0.3, -0.25) is 9.00 Å². The van der Waals surface area contributed by atoms with Gasteiger partial charge in [0, 0.05) is 40.1 Å². The highest BCUT2D eigenvalue weighted by molar-refractivity contribution is 7.84. The van der Waals surface area contributed by atoms with Crippen LogP contribution < -0.4 is 0 Å². The summed E-state index contributed by atoms with van der Waals surface area (Å²) in [6.07, 6.45) is 3.80. The average molecular weight is 295 g/mol. The van der Waals surface area contributed by atoms with Crippen LogP contribution >= 0.6 is 0 Å². The van der Waals surface area contributed by atoms with E-state index in [1.807, 2.05) is 4.90 Å². The zero-order valence-corrected chi connectivity index (χ0v) is 12.7. The minimum absolute atomic E-state index is 0.00147. The van der Waals surface area contributed by atoms with Gasteiger partial charge in [-0.25, -0.2) is 0 Å². The van der Waals surface area contributed by atoms with Gasteiger partial charge in [0.15, 0.2) is 0 Å². The van der Waals surface area contributed by atoms with Gasteiger partial charge in [0.1, 0.15) is 0 Å². The number of hydrogen-bond donors (Lipinski definition) is 1. The fourth-order valence-corrected chi connectivity index (χ4v) is 3.22. The Kier molecular flexibility index (Phi) is 4.94. The van der Waals surface area contributed by atoms with Crippen LogP contribution in [0.5, 0.6) is 0 Å². The van der Waals surface area contributed by atoms with Crippen molar-refractivity contribution in [2.24, 2.45) is 0 Å². The second-order valence-electron chi connectivity index (χ2n) is 5.36. The van der Waals surface area contributed by atoms with Crippen molar-refractivity contribution in [2.75, 3.05) is 12.8 Å². The molecule has 1 fully saturated rings. The molecule has 1 saturated heterocycles. The van der Waals surface area contributed by atoms with Crippen LogP contribution in [-0.4, -0.2) is 45.1 Å². The molecule has 110 valence electrons. The Morgan fingerprint density at radius 2 is 2.10 bits per heavy atom. The molecule has 0 radical (unpaired) electrons. The number of aliphatic hydroxyl groups excluding tert-OH is 1. The van der Waals surface area contributed by atoms with Crippen molar-refractivity contribution in [3.05, 3.63) is 29.8 Å². The van der Waals surface area contributed by atoms with Crippen molar-refractivity contribution < 1.29 is 14.1 Å². The van der Waals surface area contributed by atoms with Crippen LogP contribution in [0, 0.1) is 0 Å². The summed E-state index contributed by atoms with van der Waals surface area (Å²) in [4.78, 5) is 15.1. The van der Waals surface area contributed by atoms with Gasteiger partial charge in [0.05, 0.1) is 6.10 Å². The van der Waals surface area contributed by atoms with E-state index in [0.717, 1.165) is 24.3 Å². The molecule has 0 spiro atoms. The Labute approximate surface area is 122 Å². The van der Waals surface area contributed by atoms with E-state index in [1.165, 1.54) is 0 Å². The predicted molar refractivity (Wildman–Crippen MR) is 79.1 cm³/mol. The molecule has 0 aromatic heterocycles. The lowest BCUT2D eigenvalue weighted by molar-refractivity contribution is 0.0682. The van der Waals surface area contributed by atoms with E-state index in [-0.39, 0.29) is 11.9 Å². The zero-order chi connectivity index (χ0) is 14.7. The number of nitrogens with zero attached hydrogens (tertiary/aromatic N) is 1. The van der Waals surface area contributed by atoms with E-state index in [0.29, 0.717) is 12.0 Å². The monoisotopic (exact) mass is 295 g/mol. The van der Waals surface area contributed by atoms with Gasteiger partial charge < -0.3 is 10.0 Å². The van der Waals surface area contributed by atoms with Gasteiger partial charge >= 0.3 is 0 Å². The number of aliphatic hydroxyl groups is 1. The summed E-state index contributed by atoms with van der Waals surface area (Å²) in [5.74, 6) is 0.00147. The van der Waals surface area contributed by atoms with E-state index in [9.17, 15) is 14.1 Å². The SMILES string of the molecule is CC(O)CC1CCCN1C(=O)c1ccc(S(C)=O)cc1. The lowest BCUT2D eigenvalue weighted by atomic mass is 10.1. The topological polar surface area (TPSA) is 57.6 Å². The molecule has 2 rings (SSSR count). The second-order valence-corrected chi connectivity index (χ2v) is 6.74. The summed E-state index contributed by atoms with van der Waals surface area (Å²) in [6, 6.07) is 7.07. The third-order valence-electron chi connectivity index (χ3n) is 3.68. The lowest BCUT2D eigenvalue weighted by Crippen LogP contribution is -2.37. The van der Waals surface area contributed by atoms with Gasteiger partial charge in [-0.2, -0.15) is 0 Å². The van der Waals surface area contributed by atoms with Crippen molar-refractivity contribution in [1.82, 2.24) is 4.90 Å². The Bertz CT molecular complexity index is 498. The molecule has 1 aromatic rings. The molecule has 1 aliphatic rings. The number of amides is 1. The van der Waals surface area contributed by atoms with Crippen LogP contribution in [0.1, 0.15) is 36.5 Å². The van der Waals surface area contributed by atoms with E-state index in [2.05, 4.69) is 0 Å². The molecule has 3 unspecified atom stereocenters. The molecule has 1 aromatic carbocycles. The van der Waals surface area contributed by atoms with Crippen molar-refractivity contribution in [1.29, 1.82) is 0 Å². The molecule has 1 amide bonds. The Morgan fingerprint density at radius 1 is 1.45 bits per heavy atom. The highest BCUT2D eigenvalue weighted by Gasteiger charge is 2.30. The third kappa shape index (κ3) is 3.46. The molecule has 3 atom stereocenters. The number of benzene rings is 1. The van der Waals surface area contributed by atoms with Gasteiger partial charge in [-0.1, -0.05) is 0 Å². The van der Waals surface area contributed by atoms with Crippen LogP contribution in [0.25, 0.3) is 0 Å². The van der Waals surface area contributed by atoms with Crippen molar-refractivity contribution in [2.45, 2.75) is 43.2 Å². The summed E-state index contributed by atoms with van der Waals surface area (Å²) < 4.78 is 11.3. The summed E-state index contributed by atoms with van der Waals surface area (Å²) in [6.45, 7) is 2.50. The Balaban J connectivity index is 2.11. The predicted octanol–water partition coefficient (Wildman–Crippen LogP) is 1.80. The van der Waals surface area contributed by atoms with Gasteiger partial charge in [0.25, 0.3) is 5.91 Å². The van der Waals surface area contributed by atoms with Crippen LogP contribution in [0.3, 0.4) is 0 Å². The first kappa shape index (κ1) is 15.2. The summed E-state index contributed by atoms with van der Waals surface area (Å²) >= 11 is 0. The minimum Gasteiger partial charge on any atom is -0.393 e. The van der Waals surface area contributed by atoms with Gasteiger partial charge in [-0.05, 0) is 50.5 Å². The summed E-state index contributed by atoms with van der Waals surface area (Å²) in [5.41, 5.74) is 0.622. The first-order chi connectivity index (χ1) is 9.49. The lowest BCUT2D eigenvalue weighted by Gasteiger charge is -2.25. The molecule has 0 bridgehead atoms. The van der Waals surface area contributed by atoms with Crippen molar-refractivity contribution in [3.63, 3.8) is 0 Å². The second kappa shape index (κ2) is 6.50. The van der Waals surface area contributed by atoms with Gasteiger partial charge in [-0.15, -0.1) is 0 Å². The van der Waals surface area contributed by atoms with Crippen molar-refractivity contribution in [3.8, 4) is 0 Å². The van der Waals surface area contributed by atoms with E-state index >= 15 is 0 Å². The standard InChI is InChI=1S/C15H21NO3S/c1-11(17)10-13-4-3-9-16(13)15(18)12-5-7-14(8-6-12)20(2)19/h5-8,11,13,17H,3-4,9-10H2,1-2H3. The minimum atomic E-state index is -1.03. The molecule has 5 heteroatoms. The first-order valence-corrected chi connectivity index (χ1v) is 8.47. The molecule has 0 aliphatic carbocycles. The largest absolute Gasteiger partial charge is 0.393 e. The highest BCUT2D eigenvalue weighted by Crippen LogP contribution is 2.24.